The van der Waals surface area contributed by atoms with Crippen molar-refractivity contribution in [2.24, 2.45) is 0 Å². The monoisotopic (exact) mass is 1440 g/mol. The third kappa shape index (κ3) is 71.3. The molecule has 0 aliphatic carbocycles. The van der Waals surface area contributed by atoms with Crippen LogP contribution >= 0.6 is 15.6 Å². The minimum Gasteiger partial charge on any atom is -0.462 e. The zero-order valence-electron chi connectivity index (χ0n) is 62.1. The number of ether oxygens (including phenoxy) is 4. The molecule has 5 atom stereocenters. The van der Waals surface area contributed by atoms with Gasteiger partial charge in [-0.25, -0.2) is 9.13 Å². The topological polar surface area (TPSA) is 237 Å². The normalized spacial score (nSPS) is 14.8. The number of rotatable bonds is 70. The van der Waals surface area contributed by atoms with Gasteiger partial charge in [0.1, 0.15) is 19.3 Å². The van der Waals surface area contributed by atoms with Gasteiger partial charge in [0.15, 0.2) is 12.2 Å². The second kappa shape index (κ2) is 72.3. The van der Waals surface area contributed by atoms with Crippen molar-refractivity contribution in [1.29, 1.82) is 0 Å². The summed E-state index contributed by atoms with van der Waals surface area (Å²) in [5.74, 6) is -2.38. The lowest BCUT2D eigenvalue weighted by atomic mass is 10.1. The number of carbonyl (C=O) groups excluding carboxylic acids is 4. The molecule has 19 heteroatoms. The molecule has 5 unspecified atom stereocenters. The number of aliphatic hydroxyl groups is 1. The van der Waals surface area contributed by atoms with E-state index in [0.717, 1.165) is 167 Å². The van der Waals surface area contributed by atoms with E-state index in [-0.39, 0.29) is 25.7 Å². The summed E-state index contributed by atoms with van der Waals surface area (Å²) in [7, 11) is -10.00. The molecule has 0 saturated carbocycles. The molecule has 0 saturated heterocycles. The maximum absolute atomic E-state index is 13.1. The summed E-state index contributed by atoms with van der Waals surface area (Å²) in [6.07, 6.45) is 81.5. The highest BCUT2D eigenvalue weighted by Gasteiger charge is 2.30. The Hall–Kier alpha value is -5.06. The highest BCUT2D eigenvalue weighted by molar-refractivity contribution is 7.47. The molecule has 0 spiro atoms. The van der Waals surface area contributed by atoms with Crippen molar-refractivity contribution >= 4 is 39.5 Å². The molecule has 0 aromatic rings. The first-order valence-corrected chi connectivity index (χ1v) is 41.1. The number of unbranched alkanes of at least 4 members (excludes halogenated alkanes) is 21. The Morgan fingerprint density at radius 3 is 0.890 bits per heavy atom. The van der Waals surface area contributed by atoms with Gasteiger partial charge < -0.3 is 33.8 Å². The fraction of sp³-hybridized carbons (Fsp3) is 0.654. The molecule has 0 amide bonds. The molecule has 0 heterocycles. The van der Waals surface area contributed by atoms with E-state index in [1.165, 1.54) is 38.5 Å². The largest absolute Gasteiger partial charge is 0.472 e. The van der Waals surface area contributed by atoms with Crippen molar-refractivity contribution in [1.82, 2.24) is 0 Å². The molecule has 570 valence electrons. The molecule has 0 rings (SSSR count). The first-order chi connectivity index (χ1) is 48.7. The van der Waals surface area contributed by atoms with Gasteiger partial charge in [0.05, 0.1) is 32.8 Å². The predicted molar refractivity (Wildman–Crippen MR) is 408 cm³/mol. The van der Waals surface area contributed by atoms with Crippen LogP contribution < -0.4 is 0 Å². The minimum absolute atomic E-state index is 0.0511. The van der Waals surface area contributed by atoms with E-state index < -0.39 is 97.5 Å². The maximum atomic E-state index is 13.1. The molecular formula is C81H134O17P2. The van der Waals surface area contributed by atoms with Crippen molar-refractivity contribution < 1.29 is 80.2 Å². The van der Waals surface area contributed by atoms with Crippen LogP contribution in [0.2, 0.25) is 0 Å². The van der Waals surface area contributed by atoms with Gasteiger partial charge in [0.25, 0.3) is 0 Å². The zero-order valence-corrected chi connectivity index (χ0v) is 63.9. The van der Waals surface area contributed by atoms with Gasteiger partial charge in [-0.2, -0.15) is 0 Å². The lowest BCUT2D eigenvalue weighted by Gasteiger charge is -2.21. The van der Waals surface area contributed by atoms with Crippen molar-refractivity contribution in [2.45, 2.75) is 303 Å². The number of phosphoric acid groups is 2. The third-order valence-corrected chi connectivity index (χ3v) is 17.2. The number of phosphoric ester groups is 2. The summed E-state index contributed by atoms with van der Waals surface area (Å²) in [4.78, 5) is 72.8. The Morgan fingerprint density at radius 1 is 0.300 bits per heavy atom. The predicted octanol–water partition coefficient (Wildman–Crippen LogP) is 21.9. The summed E-state index contributed by atoms with van der Waals surface area (Å²) >= 11 is 0. The van der Waals surface area contributed by atoms with Crippen molar-refractivity contribution in [2.75, 3.05) is 39.6 Å². The lowest BCUT2D eigenvalue weighted by molar-refractivity contribution is -0.161. The van der Waals surface area contributed by atoms with Gasteiger partial charge >= 0.3 is 39.5 Å². The van der Waals surface area contributed by atoms with Crippen molar-refractivity contribution in [3.63, 3.8) is 0 Å². The quantitative estimate of drug-likeness (QED) is 0.0169. The summed E-state index contributed by atoms with van der Waals surface area (Å²) in [5, 5.41) is 10.6. The number of hydrogen-bond donors (Lipinski definition) is 3. The second-order valence-electron chi connectivity index (χ2n) is 24.8. The van der Waals surface area contributed by atoms with Gasteiger partial charge in [-0.3, -0.25) is 37.3 Å². The summed E-state index contributed by atoms with van der Waals surface area (Å²) in [6.45, 7) is 4.41. The Kier molecular flexibility index (Phi) is 68.6. The van der Waals surface area contributed by atoms with E-state index in [4.69, 9.17) is 37.0 Å². The number of aliphatic hydroxyl groups excluding tert-OH is 1. The highest BCUT2D eigenvalue weighted by atomic mass is 31.2. The fourth-order valence-corrected chi connectivity index (χ4v) is 11.1. The average molecular weight is 1440 g/mol. The van der Waals surface area contributed by atoms with Crippen molar-refractivity contribution in [3.8, 4) is 0 Å². The molecule has 0 bridgehead atoms. The van der Waals surface area contributed by atoms with E-state index in [2.05, 4.69) is 149 Å². The molecule has 0 aliphatic rings. The summed E-state index contributed by atoms with van der Waals surface area (Å²) < 4.78 is 68.3. The second-order valence-corrected chi connectivity index (χ2v) is 27.7. The minimum atomic E-state index is -5.00. The molecule has 0 aromatic carbocycles. The Morgan fingerprint density at radius 2 is 0.560 bits per heavy atom. The maximum Gasteiger partial charge on any atom is 0.472 e. The van der Waals surface area contributed by atoms with E-state index in [9.17, 15) is 43.2 Å². The summed E-state index contributed by atoms with van der Waals surface area (Å²) in [5.41, 5.74) is 0. The van der Waals surface area contributed by atoms with Gasteiger partial charge in [0, 0.05) is 19.3 Å². The van der Waals surface area contributed by atoms with Crippen LogP contribution in [0.1, 0.15) is 285 Å². The van der Waals surface area contributed by atoms with Gasteiger partial charge in [-0.05, 0) is 148 Å². The number of hydrogen-bond acceptors (Lipinski definition) is 15. The zero-order chi connectivity index (χ0) is 73.2. The number of carbonyl (C=O) groups is 4. The highest BCUT2D eigenvalue weighted by Crippen LogP contribution is 2.45. The summed E-state index contributed by atoms with van der Waals surface area (Å²) in [6, 6.07) is 0. The standard InChI is InChI=1S/C81H134O17P2/c1-5-9-13-17-21-25-29-33-37-41-45-49-53-57-61-65-78(83)91-71-76(97-80(85)67-63-59-55-51-47-43-39-35-31-27-23-19-15-11-7-3)73-95-99(87,88)93-69-75(82)70-94-100(89,90)96-74-77(98-81(86)68-64-60-56-52-48-44-40-36-32-28-24-20-16-12-8-4)72-92-79(84)66-62-58-54-50-46-42-38-34-30-26-22-18-14-10-6-2/h9,11,13,15,21-28,33-40,45,49,57,61,75-77,82H,5-8,10,12,14,16-20,29-32,41-44,46-48,50-56,58-60,62-74H2,1-4H3,(H,87,88)(H,89,90)/b13-9-,15-11-,25-21-,26-22-,27-23-,28-24-,37-33-,38-34-,39-35-,40-36-,49-45-,61-57-. The van der Waals surface area contributed by atoms with Crippen LogP contribution in [-0.2, 0) is 65.4 Å². The first-order valence-electron chi connectivity index (χ1n) is 38.1. The van der Waals surface area contributed by atoms with Crippen LogP contribution in [0.3, 0.4) is 0 Å². The molecule has 100 heavy (non-hydrogen) atoms. The SMILES string of the molecule is CC/C=C\C/C=C\C/C=C\C/C=C\C/C=C\CC(=O)OCC(COP(=O)(O)OCC(O)COP(=O)(O)OCC(COC(=O)CCCCCCC/C=C\C/C=C\CCCCC)OC(=O)CCCCCCC/C=C\C/C=C\CCCCC)OC(=O)CCCCCCC/C=C\C/C=C\C/C=C\CC. The Bertz CT molecular complexity index is 2470. The first kappa shape index (κ1) is 94.9. The number of allylic oxidation sites excluding steroid dienone is 23. The van der Waals surface area contributed by atoms with E-state index >= 15 is 0 Å². The fourth-order valence-electron chi connectivity index (χ4n) is 9.54. The third-order valence-electron chi connectivity index (χ3n) is 15.3. The van der Waals surface area contributed by atoms with Gasteiger partial charge in [0.2, 0.25) is 0 Å². The van der Waals surface area contributed by atoms with E-state index in [1.807, 2.05) is 18.2 Å². The Balaban J connectivity index is 5.47. The van der Waals surface area contributed by atoms with Crippen LogP contribution in [0.4, 0.5) is 0 Å². The molecule has 0 radical (unpaired) electrons. The van der Waals surface area contributed by atoms with Crippen LogP contribution in [0.5, 0.6) is 0 Å². The molecule has 0 aromatic heterocycles. The Labute approximate surface area is 605 Å². The molecule has 17 nitrogen and oxygen atoms in total. The molecule has 0 aliphatic heterocycles. The van der Waals surface area contributed by atoms with E-state index in [0.29, 0.717) is 25.7 Å². The molecule has 3 N–H and O–H groups in total. The molecule has 0 fully saturated rings. The number of esters is 4. The van der Waals surface area contributed by atoms with Gasteiger partial charge in [-0.15, -0.1) is 0 Å². The lowest BCUT2D eigenvalue weighted by Crippen LogP contribution is -2.30. The van der Waals surface area contributed by atoms with Crippen molar-refractivity contribution in [3.05, 3.63) is 146 Å². The van der Waals surface area contributed by atoms with Gasteiger partial charge in [-0.1, -0.05) is 257 Å². The van der Waals surface area contributed by atoms with Crippen LogP contribution in [0.25, 0.3) is 0 Å². The smallest absolute Gasteiger partial charge is 0.462 e. The van der Waals surface area contributed by atoms with Crippen LogP contribution in [-0.4, -0.2) is 96.7 Å². The molecular weight excluding hydrogens is 1310 g/mol. The van der Waals surface area contributed by atoms with Crippen LogP contribution in [0, 0.1) is 0 Å². The van der Waals surface area contributed by atoms with E-state index in [1.54, 1.807) is 6.08 Å². The average Bonchev–Trinajstić information content (AvgIpc) is 1.01. The van der Waals surface area contributed by atoms with Crippen LogP contribution in [0.15, 0.2) is 146 Å².